The van der Waals surface area contributed by atoms with Crippen LogP contribution < -0.4 is 10.6 Å². The molecule has 1 unspecified atom stereocenters. The summed E-state index contributed by atoms with van der Waals surface area (Å²) in [5.41, 5.74) is 0. The van der Waals surface area contributed by atoms with Gasteiger partial charge in [0, 0.05) is 45.4 Å². The molecule has 0 bridgehead atoms. The van der Waals surface area contributed by atoms with Crippen molar-refractivity contribution in [3.63, 3.8) is 0 Å². The first kappa shape index (κ1) is 22.2. The molecule has 1 aliphatic rings. The number of aliphatic hydroxyl groups excluding tert-OH is 1. The highest BCUT2D eigenvalue weighted by molar-refractivity contribution is 5.80. The van der Waals surface area contributed by atoms with Gasteiger partial charge in [-0.15, -0.1) is 0 Å². The average Bonchev–Trinajstić information content (AvgIpc) is 2.53. The monoisotopic (exact) mass is 354 g/mol. The van der Waals surface area contributed by atoms with Gasteiger partial charge in [0.25, 0.3) is 0 Å². The smallest absolute Gasteiger partial charge is 0.191 e. The van der Waals surface area contributed by atoms with Crippen molar-refractivity contribution in [3.8, 4) is 0 Å². The minimum atomic E-state index is 0.255. The lowest BCUT2D eigenvalue weighted by Gasteiger charge is -2.34. The quantitative estimate of drug-likeness (QED) is 0.417. The van der Waals surface area contributed by atoms with Gasteiger partial charge in [0.2, 0.25) is 0 Å². The van der Waals surface area contributed by atoms with E-state index in [1.165, 1.54) is 32.5 Å². The Kier molecular flexibility index (Phi) is 11.1. The van der Waals surface area contributed by atoms with E-state index in [4.69, 9.17) is 4.99 Å². The zero-order chi connectivity index (χ0) is 18.7. The predicted molar refractivity (Wildman–Crippen MR) is 108 cm³/mol. The van der Waals surface area contributed by atoms with E-state index in [0.29, 0.717) is 17.9 Å². The normalized spacial score (nSPS) is 18.8. The van der Waals surface area contributed by atoms with Crippen LogP contribution >= 0.6 is 0 Å². The molecule has 148 valence electrons. The number of hydrogen-bond acceptors (Lipinski definition) is 3. The van der Waals surface area contributed by atoms with Crippen molar-refractivity contribution in [2.75, 3.05) is 39.3 Å². The lowest BCUT2D eigenvalue weighted by molar-refractivity contribution is 0.186. The van der Waals surface area contributed by atoms with E-state index in [1.54, 1.807) is 0 Å². The van der Waals surface area contributed by atoms with Crippen LogP contribution in [0.25, 0.3) is 0 Å². The maximum atomic E-state index is 9.28. The molecule has 1 fully saturated rings. The van der Waals surface area contributed by atoms with E-state index in [9.17, 15) is 5.11 Å². The molecule has 0 saturated carbocycles. The number of likely N-dealkylation sites (tertiary alicyclic amines) is 1. The molecular weight excluding hydrogens is 312 g/mol. The molecule has 0 spiro atoms. The Morgan fingerprint density at radius 2 is 1.84 bits per heavy atom. The summed E-state index contributed by atoms with van der Waals surface area (Å²) in [5, 5.41) is 16.3. The number of aliphatic imine (C=N–C) groups is 1. The third-order valence-electron chi connectivity index (χ3n) is 4.75. The second kappa shape index (κ2) is 12.5. The molecular formula is C20H42N4O. The second-order valence-electron chi connectivity index (χ2n) is 8.34. The first-order chi connectivity index (χ1) is 11.9. The molecule has 1 atom stereocenters. The number of nitrogens with zero attached hydrogens (tertiary/aromatic N) is 2. The average molecular weight is 355 g/mol. The van der Waals surface area contributed by atoms with Gasteiger partial charge < -0.3 is 20.6 Å². The molecule has 1 saturated heterocycles. The summed E-state index contributed by atoms with van der Waals surface area (Å²) in [7, 11) is 0. The van der Waals surface area contributed by atoms with Gasteiger partial charge in [-0.2, -0.15) is 0 Å². The molecule has 25 heavy (non-hydrogen) atoms. The molecule has 0 aromatic heterocycles. The van der Waals surface area contributed by atoms with Gasteiger partial charge in [-0.05, 0) is 50.4 Å². The second-order valence-corrected chi connectivity index (χ2v) is 8.34. The molecule has 3 N–H and O–H groups in total. The van der Waals surface area contributed by atoms with Gasteiger partial charge in [-0.1, -0.05) is 27.7 Å². The van der Waals surface area contributed by atoms with Gasteiger partial charge in [0.05, 0.1) is 0 Å². The summed E-state index contributed by atoms with van der Waals surface area (Å²) in [4.78, 5) is 7.39. The molecule has 1 rings (SSSR count). The summed E-state index contributed by atoms with van der Waals surface area (Å²) in [5.74, 6) is 2.80. The maximum absolute atomic E-state index is 9.28. The van der Waals surface area contributed by atoms with Crippen molar-refractivity contribution in [2.45, 2.75) is 66.3 Å². The molecule has 0 aromatic carbocycles. The van der Waals surface area contributed by atoms with Crippen LogP contribution in [0.2, 0.25) is 0 Å². The van der Waals surface area contributed by atoms with Crippen LogP contribution in [0.4, 0.5) is 0 Å². The fourth-order valence-electron chi connectivity index (χ4n) is 3.64. The van der Waals surface area contributed by atoms with Crippen LogP contribution in [0, 0.1) is 17.8 Å². The number of nitrogens with one attached hydrogen (secondary N) is 2. The SMILES string of the molecule is CCNC(=NCC(CCO)CC(C)C)NC1CCN(CC(C)C)CC1. The van der Waals surface area contributed by atoms with E-state index in [2.05, 4.69) is 50.2 Å². The zero-order valence-electron chi connectivity index (χ0n) is 17.2. The highest BCUT2D eigenvalue weighted by atomic mass is 16.3. The third kappa shape index (κ3) is 10.0. The summed E-state index contributed by atoms with van der Waals surface area (Å²) < 4.78 is 0. The number of piperidine rings is 1. The summed E-state index contributed by atoms with van der Waals surface area (Å²) in [6, 6.07) is 0.516. The van der Waals surface area contributed by atoms with Crippen LogP contribution in [0.1, 0.15) is 60.3 Å². The van der Waals surface area contributed by atoms with Crippen molar-refractivity contribution in [3.05, 3.63) is 0 Å². The molecule has 5 nitrogen and oxygen atoms in total. The predicted octanol–water partition coefficient (Wildman–Crippen LogP) is 2.71. The molecule has 0 aliphatic carbocycles. The van der Waals surface area contributed by atoms with Crippen molar-refractivity contribution in [1.29, 1.82) is 0 Å². The lowest BCUT2D eigenvalue weighted by atomic mass is 9.94. The largest absolute Gasteiger partial charge is 0.396 e. The first-order valence-electron chi connectivity index (χ1n) is 10.3. The Bertz CT molecular complexity index is 363. The highest BCUT2D eigenvalue weighted by Crippen LogP contribution is 2.16. The van der Waals surface area contributed by atoms with E-state index in [0.717, 1.165) is 37.8 Å². The fourth-order valence-corrected chi connectivity index (χ4v) is 3.64. The van der Waals surface area contributed by atoms with Crippen LogP contribution in [0.15, 0.2) is 4.99 Å². The van der Waals surface area contributed by atoms with Crippen molar-refractivity contribution >= 4 is 5.96 Å². The number of hydrogen-bond donors (Lipinski definition) is 3. The Balaban J connectivity index is 2.49. The summed E-state index contributed by atoms with van der Waals surface area (Å²) >= 11 is 0. The Labute approximate surface area is 155 Å². The minimum absolute atomic E-state index is 0.255. The molecule has 1 aliphatic heterocycles. The fraction of sp³-hybridized carbons (Fsp3) is 0.950. The standard InChI is InChI=1S/C20H42N4O/c1-6-21-20(22-14-18(9-12-25)13-16(2)3)23-19-7-10-24(11-8-19)15-17(4)5/h16-19,25H,6-15H2,1-5H3,(H2,21,22,23). The summed E-state index contributed by atoms with van der Waals surface area (Å²) in [6.07, 6.45) is 4.33. The van der Waals surface area contributed by atoms with E-state index < -0.39 is 0 Å². The van der Waals surface area contributed by atoms with Crippen LogP contribution in [-0.2, 0) is 0 Å². The van der Waals surface area contributed by atoms with E-state index in [-0.39, 0.29) is 6.61 Å². The van der Waals surface area contributed by atoms with Gasteiger partial charge in [0.1, 0.15) is 0 Å². The molecule has 0 aromatic rings. The van der Waals surface area contributed by atoms with Crippen LogP contribution in [0.5, 0.6) is 0 Å². The Hall–Kier alpha value is -0.810. The van der Waals surface area contributed by atoms with E-state index >= 15 is 0 Å². The Morgan fingerprint density at radius 1 is 1.16 bits per heavy atom. The topological polar surface area (TPSA) is 59.9 Å². The molecule has 0 amide bonds. The molecule has 0 radical (unpaired) electrons. The van der Waals surface area contributed by atoms with Gasteiger partial charge in [-0.3, -0.25) is 4.99 Å². The van der Waals surface area contributed by atoms with Crippen molar-refractivity contribution in [2.24, 2.45) is 22.7 Å². The minimum Gasteiger partial charge on any atom is -0.396 e. The number of guanidine groups is 1. The van der Waals surface area contributed by atoms with Gasteiger partial charge in [-0.25, -0.2) is 0 Å². The van der Waals surface area contributed by atoms with Crippen LogP contribution in [0.3, 0.4) is 0 Å². The number of rotatable bonds is 10. The van der Waals surface area contributed by atoms with Crippen molar-refractivity contribution in [1.82, 2.24) is 15.5 Å². The van der Waals surface area contributed by atoms with Crippen LogP contribution in [-0.4, -0.2) is 61.3 Å². The van der Waals surface area contributed by atoms with Gasteiger partial charge >= 0.3 is 0 Å². The molecule has 1 heterocycles. The highest BCUT2D eigenvalue weighted by Gasteiger charge is 2.20. The molecule has 5 heteroatoms. The Morgan fingerprint density at radius 3 is 2.36 bits per heavy atom. The van der Waals surface area contributed by atoms with E-state index in [1.807, 2.05) is 0 Å². The third-order valence-corrected chi connectivity index (χ3v) is 4.75. The lowest BCUT2D eigenvalue weighted by Crippen LogP contribution is -2.49. The zero-order valence-corrected chi connectivity index (χ0v) is 17.2. The van der Waals surface area contributed by atoms with Gasteiger partial charge in [0.15, 0.2) is 5.96 Å². The first-order valence-corrected chi connectivity index (χ1v) is 10.3. The summed E-state index contributed by atoms with van der Waals surface area (Å²) in [6.45, 7) is 16.7. The number of aliphatic hydroxyl groups is 1. The van der Waals surface area contributed by atoms with Crippen molar-refractivity contribution < 1.29 is 5.11 Å². The maximum Gasteiger partial charge on any atom is 0.191 e.